The Morgan fingerprint density at radius 3 is 2.43 bits per heavy atom. The molecule has 2 rings (SSSR count). The minimum absolute atomic E-state index is 0.00422. The number of benzene rings is 1. The fourth-order valence-corrected chi connectivity index (χ4v) is 3.38. The van der Waals surface area contributed by atoms with Crippen LogP contribution in [0.25, 0.3) is 0 Å². The fourth-order valence-electron chi connectivity index (χ4n) is 3.38. The van der Waals surface area contributed by atoms with Crippen LogP contribution in [0.4, 0.5) is 0 Å². The summed E-state index contributed by atoms with van der Waals surface area (Å²) in [7, 11) is 3.55. The van der Waals surface area contributed by atoms with Gasteiger partial charge in [-0.1, -0.05) is 18.6 Å². The van der Waals surface area contributed by atoms with E-state index in [2.05, 4.69) is 12.1 Å². The lowest BCUT2D eigenvalue weighted by Gasteiger charge is -2.24. The summed E-state index contributed by atoms with van der Waals surface area (Å²) in [6, 6.07) is 4.20. The first-order valence-corrected chi connectivity index (χ1v) is 7.58. The first-order chi connectivity index (χ1) is 9.93. The average Bonchev–Trinajstić information content (AvgIpc) is 2.83. The zero-order valence-electron chi connectivity index (χ0n) is 13.5. The number of aryl methyl sites for hydroxylation is 2. The number of carbonyl (C=O) groups is 1. The highest BCUT2D eigenvalue weighted by Gasteiger charge is 2.32. The van der Waals surface area contributed by atoms with E-state index in [1.165, 1.54) is 0 Å². The molecule has 0 aliphatic heterocycles. The van der Waals surface area contributed by atoms with Gasteiger partial charge in [0.05, 0.1) is 13.0 Å². The molecule has 21 heavy (non-hydrogen) atoms. The van der Waals surface area contributed by atoms with Crippen LogP contribution < -0.4 is 10.5 Å². The van der Waals surface area contributed by atoms with Gasteiger partial charge in [-0.25, -0.2) is 0 Å². The molecule has 1 amide bonds. The highest BCUT2D eigenvalue weighted by molar-refractivity contribution is 5.79. The van der Waals surface area contributed by atoms with Crippen molar-refractivity contribution in [1.29, 1.82) is 0 Å². The lowest BCUT2D eigenvalue weighted by molar-refractivity contribution is -0.134. The molecule has 0 aromatic heterocycles. The zero-order valence-corrected chi connectivity index (χ0v) is 13.5. The van der Waals surface area contributed by atoms with Crippen molar-refractivity contribution < 1.29 is 9.53 Å². The molecule has 0 bridgehead atoms. The van der Waals surface area contributed by atoms with Crippen molar-refractivity contribution in [3.05, 3.63) is 28.8 Å². The van der Waals surface area contributed by atoms with Gasteiger partial charge in [-0.2, -0.15) is 0 Å². The van der Waals surface area contributed by atoms with E-state index in [-0.39, 0.29) is 17.9 Å². The van der Waals surface area contributed by atoms with Crippen LogP contribution in [0.3, 0.4) is 0 Å². The predicted octanol–water partition coefficient (Wildman–Crippen LogP) is 2.40. The van der Waals surface area contributed by atoms with E-state index in [9.17, 15) is 4.79 Å². The molecule has 2 N–H and O–H groups in total. The number of rotatable bonds is 4. The summed E-state index contributed by atoms with van der Waals surface area (Å²) in [5.74, 6) is 1.09. The lowest BCUT2D eigenvalue weighted by Crippen LogP contribution is -2.39. The molecule has 1 aromatic carbocycles. The third-order valence-electron chi connectivity index (χ3n) is 4.41. The smallest absolute Gasteiger partial charge is 0.227 e. The molecule has 1 fully saturated rings. The molecule has 1 saturated carbocycles. The monoisotopic (exact) mass is 290 g/mol. The molecule has 116 valence electrons. The molecular formula is C17H26N2O2. The van der Waals surface area contributed by atoms with E-state index >= 15 is 0 Å². The SMILES string of the molecule is COc1c(C)cc(CN(C)C(=O)[C@@H]2CCC[C@@H]2N)cc1C. The Morgan fingerprint density at radius 2 is 1.95 bits per heavy atom. The molecule has 1 aromatic rings. The van der Waals surface area contributed by atoms with Gasteiger partial charge in [-0.3, -0.25) is 4.79 Å². The van der Waals surface area contributed by atoms with Gasteiger partial charge in [0.15, 0.2) is 0 Å². The third-order valence-corrected chi connectivity index (χ3v) is 4.41. The highest BCUT2D eigenvalue weighted by Crippen LogP contribution is 2.27. The molecule has 1 aliphatic carbocycles. The van der Waals surface area contributed by atoms with Crippen molar-refractivity contribution >= 4 is 5.91 Å². The maximum absolute atomic E-state index is 12.5. The number of hydrogen-bond acceptors (Lipinski definition) is 3. The van der Waals surface area contributed by atoms with Crippen LogP contribution in [-0.2, 0) is 11.3 Å². The summed E-state index contributed by atoms with van der Waals surface area (Å²) in [4.78, 5) is 14.3. The number of nitrogens with zero attached hydrogens (tertiary/aromatic N) is 1. The Kier molecular flexibility index (Phi) is 4.88. The van der Waals surface area contributed by atoms with Crippen molar-refractivity contribution in [1.82, 2.24) is 4.90 Å². The first kappa shape index (κ1) is 15.8. The molecule has 0 unspecified atom stereocenters. The molecule has 1 aliphatic rings. The summed E-state index contributed by atoms with van der Waals surface area (Å²) in [5.41, 5.74) is 9.37. The number of methoxy groups -OCH3 is 1. The summed E-state index contributed by atoms with van der Waals surface area (Å²) >= 11 is 0. The topological polar surface area (TPSA) is 55.6 Å². The van der Waals surface area contributed by atoms with Crippen LogP contribution in [0.15, 0.2) is 12.1 Å². The highest BCUT2D eigenvalue weighted by atomic mass is 16.5. The number of ether oxygens (including phenoxy) is 1. The standard InChI is InChI=1S/C17H26N2O2/c1-11-8-13(9-12(2)16(11)21-4)10-19(3)17(20)14-6-5-7-15(14)18/h8-9,14-15H,5-7,10,18H2,1-4H3/t14-,15+/m1/s1. The van der Waals surface area contributed by atoms with Crippen LogP contribution in [0.5, 0.6) is 5.75 Å². The van der Waals surface area contributed by atoms with Gasteiger partial charge in [0.25, 0.3) is 0 Å². The van der Waals surface area contributed by atoms with Gasteiger partial charge in [0.2, 0.25) is 5.91 Å². The normalized spacial score (nSPS) is 21.4. The molecule has 0 saturated heterocycles. The second kappa shape index (κ2) is 6.48. The van der Waals surface area contributed by atoms with E-state index in [4.69, 9.17) is 10.5 Å². The van der Waals surface area contributed by atoms with E-state index in [1.54, 1.807) is 12.0 Å². The van der Waals surface area contributed by atoms with Gasteiger partial charge >= 0.3 is 0 Å². The molecule has 4 nitrogen and oxygen atoms in total. The summed E-state index contributed by atoms with van der Waals surface area (Å²) < 4.78 is 5.38. The van der Waals surface area contributed by atoms with E-state index < -0.39 is 0 Å². The molecule has 0 radical (unpaired) electrons. The molecule has 0 heterocycles. The zero-order chi connectivity index (χ0) is 15.6. The Morgan fingerprint density at radius 1 is 1.33 bits per heavy atom. The molecule has 4 heteroatoms. The van der Waals surface area contributed by atoms with Crippen LogP contribution in [0.2, 0.25) is 0 Å². The van der Waals surface area contributed by atoms with Gasteiger partial charge in [0.1, 0.15) is 5.75 Å². The van der Waals surface area contributed by atoms with Crippen molar-refractivity contribution in [2.75, 3.05) is 14.2 Å². The maximum Gasteiger partial charge on any atom is 0.227 e. The van der Waals surface area contributed by atoms with Crippen molar-refractivity contribution in [3.8, 4) is 5.75 Å². The Bertz CT molecular complexity index is 505. The Balaban J connectivity index is 2.09. The third kappa shape index (κ3) is 3.38. The number of carbonyl (C=O) groups excluding carboxylic acids is 1. The van der Waals surface area contributed by atoms with E-state index in [0.717, 1.165) is 41.7 Å². The lowest BCUT2D eigenvalue weighted by atomic mass is 10.0. The van der Waals surface area contributed by atoms with Crippen LogP contribution in [0, 0.1) is 19.8 Å². The molecule has 0 spiro atoms. The van der Waals surface area contributed by atoms with Gasteiger partial charge in [-0.15, -0.1) is 0 Å². The second-order valence-corrected chi connectivity index (χ2v) is 6.16. The fraction of sp³-hybridized carbons (Fsp3) is 0.588. The van der Waals surface area contributed by atoms with Gasteiger partial charge in [-0.05, 0) is 43.4 Å². The van der Waals surface area contributed by atoms with Crippen LogP contribution in [-0.4, -0.2) is 31.0 Å². The van der Waals surface area contributed by atoms with Crippen molar-refractivity contribution in [3.63, 3.8) is 0 Å². The second-order valence-electron chi connectivity index (χ2n) is 6.16. The summed E-state index contributed by atoms with van der Waals surface area (Å²) in [5, 5.41) is 0. The predicted molar refractivity (Wildman–Crippen MR) is 84.3 cm³/mol. The molecular weight excluding hydrogens is 264 g/mol. The molecule has 2 atom stereocenters. The van der Waals surface area contributed by atoms with Gasteiger partial charge in [0, 0.05) is 19.6 Å². The van der Waals surface area contributed by atoms with Crippen LogP contribution >= 0.6 is 0 Å². The van der Waals surface area contributed by atoms with E-state index in [0.29, 0.717) is 6.54 Å². The maximum atomic E-state index is 12.5. The number of amides is 1. The minimum Gasteiger partial charge on any atom is -0.496 e. The van der Waals surface area contributed by atoms with Crippen molar-refractivity contribution in [2.45, 2.75) is 45.7 Å². The van der Waals surface area contributed by atoms with Crippen LogP contribution in [0.1, 0.15) is 36.0 Å². The largest absolute Gasteiger partial charge is 0.496 e. The quantitative estimate of drug-likeness (QED) is 0.926. The summed E-state index contributed by atoms with van der Waals surface area (Å²) in [6.45, 7) is 4.68. The number of nitrogens with two attached hydrogens (primary N) is 1. The Hall–Kier alpha value is -1.55. The van der Waals surface area contributed by atoms with Gasteiger partial charge < -0.3 is 15.4 Å². The van der Waals surface area contributed by atoms with Crippen molar-refractivity contribution in [2.24, 2.45) is 11.7 Å². The first-order valence-electron chi connectivity index (χ1n) is 7.58. The number of hydrogen-bond donors (Lipinski definition) is 1. The minimum atomic E-state index is -0.00422. The Labute approximate surface area is 127 Å². The van der Waals surface area contributed by atoms with E-state index in [1.807, 2.05) is 20.9 Å². The summed E-state index contributed by atoms with van der Waals surface area (Å²) in [6.07, 6.45) is 2.95. The average molecular weight is 290 g/mol.